The van der Waals surface area contributed by atoms with Gasteiger partial charge in [-0.1, -0.05) is 48.5 Å². The Bertz CT molecular complexity index is 2050. The second kappa shape index (κ2) is 10.7. The maximum atomic E-state index is 14.4. The number of nitrogens with one attached hydrogen (secondary N) is 2. The van der Waals surface area contributed by atoms with Crippen LogP contribution in [0.1, 0.15) is 35.9 Å². The number of rotatable bonds is 6. The first-order valence-electron chi connectivity index (χ1n) is 13.3. The molecule has 1 atom stereocenters. The third kappa shape index (κ3) is 4.75. The summed E-state index contributed by atoms with van der Waals surface area (Å²) in [7, 11) is 0. The number of anilines is 2. The van der Waals surface area contributed by atoms with Crippen LogP contribution in [-0.2, 0) is 4.79 Å². The van der Waals surface area contributed by atoms with Crippen LogP contribution in [0.2, 0.25) is 0 Å². The van der Waals surface area contributed by atoms with E-state index in [4.69, 9.17) is 5.73 Å². The van der Waals surface area contributed by atoms with Gasteiger partial charge in [-0.2, -0.15) is 0 Å². The lowest BCUT2D eigenvalue weighted by Crippen LogP contribution is -2.32. The van der Waals surface area contributed by atoms with Crippen molar-refractivity contribution in [3.05, 3.63) is 119 Å². The molecule has 4 N–H and O–H groups in total. The number of para-hydroxylation sites is 1. The molecule has 42 heavy (non-hydrogen) atoms. The molecule has 3 aromatic heterocycles. The summed E-state index contributed by atoms with van der Waals surface area (Å²) in [6.07, 6.45) is 3.23. The van der Waals surface area contributed by atoms with Crippen molar-refractivity contribution >= 4 is 39.7 Å². The number of carbonyl (C=O) groups excluding carboxylic acids is 2. The highest BCUT2D eigenvalue weighted by Gasteiger charge is 2.24. The highest BCUT2D eigenvalue weighted by Crippen LogP contribution is 2.31. The summed E-state index contributed by atoms with van der Waals surface area (Å²) >= 11 is 0. The molecule has 0 spiro atoms. The number of nitrogen functional groups attached to an aromatic ring is 1. The quantitative estimate of drug-likeness (QED) is 0.271. The van der Waals surface area contributed by atoms with E-state index in [0.29, 0.717) is 33.5 Å². The van der Waals surface area contributed by atoms with Gasteiger partial charge in [0.2, 0.25) is 5.91 Å². The average molecular weight is 558 g/mol. The van der Waals surface area contributed by atoms with Gasteiger partial charge in [-0.25, -0.2) is 9.50 Å². The molecule has 208 valence electrons. The fourth-order valence-electron chi connectivity index (χ4n) is 5.22. The van der Waals surface area contributed by atoms with Crippen molar-refractivity contribution in [2.24, 2.45) is 0 Å². The largest absolute Gasteiger partial charge is 0.381 e. The fraction of sp³-hybridized carbons (Fsp3) is 0.0938. The van der Waals surface area contributed by atoms with E-state index in [-0.39, 0.29) is 22.8 Å². The predicted octanol–water partition coefficient (Wildman–Crippen LogP) is 4.73. The highest BCUT2D eigenvalue weighted by molar-refractivity contribution is 6.04. The third-order valence-electron chi connectivity index (χ3n) is 7.02. The molecule has 10 heteroatoms. The number of fused-ring (bicyclic) bond motifs is 2. The average Bonchev–Trinajstić information content (AvgIpc) is 3.32. The molecule has 6 aromatic rings. The van der Waals surface area contributed by atoms with Gasteiger partial charge in [0.25, 0.3) is 11.5 Å². The smallest absolute Gasteiger partial charge is 0.263 e. The van der Waals surface area contributed by atoms with Gasteiger partial charge in [0.1, 0.15) is 5.56 Å². The summed E-state index contributed by atoms with van der Waals surface area (Å²) < 4.78 is 3.07. The van der Waals surface area contributed by atoms with Gasteiger partial charge < -0.3 is 16.4 Å². The summed E-state index contributed by atoms with van der Waals surface area (Å²) in [6, 6.07) is 25.3. The Kier molecular flexibility index (Phi) is 6.71. The number of nitrogens with zero attached hydrogens (tertiary/aromatic N) is 4. The first kappa shape index (κ1) is 26.5. The molecule has 0 radical (unpaired) electrons. The lowest BCUT2D eigenvalue weighted by atomic mass is 9.97. The molecule has 3 aromatic carbocycles. The molecule has 2 amide bonds. The number of carbonyl (C=O) groups is 2. The van der Waals surface area contributed by atoms with Crippen LogP contribution in [0.15, 0.2) is 102 Å². The topological polar surface area (TPSA) is 136 Å². The van der Waals surface area contributed by atoms with Gasteiger partial charge in [0.15, 0.2) is 11.5 Å². The molecule has 6 rings (SSSR count). The SMILES string of the molecule is CC(=O)Nc1cccc(-c2cccc3cc([C@H](C)NC(=O)c4c(N)nn5cccnc45)n(-c4ccccc4)c(=O)c23)c1. The monoisotopic (exact) mass is 557 g/mol. The van der Waals surface area contributed by atoms with Crippen LogP contribution in [0.25, 0.3) is 33.2 Å². The molecule has 0 aliphatic rings. The van der Waals surface area contributed by atoms with E-state index >= 15 is 0 Å². The number of nitrogens with two attached hydrogens (primary N) is 1. The zero-order valence-electron chi connectivity index (χ0n) is 22.9. The van der Waals surface area contributed by atoms with Crippen molar-refractivity contribution < 1.29 is 9.59 Å². The van der Waals surface area contributed by atoms with Gasteiger partial charge in [-0.05, 0) is 59.8 Å². The summed E-state index contributed by atoms with van der Waals surface area (Å²) in [5.41, 5.74) is 9.73. The number of pyridine rings is 1. The van der Waals surface area contributed by atoms with E-state index in [2.05, 4.69) is 20.7 Å². The van der Waals surface area contributed by atoms with E-state index < -0.39 is 11.9 Å². The first-order valence-corrected chi connectivity index (χ1v) is 13.3. The van der Waals surface area contributed by atoms with Crippen LogP contribution >= 0.6 is 0 Å². The number of amides is 2. The van der Waals surface area contributed by atoms with Crippen molar-refractivity contribution in [2.75, 3.05) is 11.1 Å². The zero-order valence-corrected chi connectivity index (χ0v) is 22.9. The number of benzene rings is 3. The number of aromatic nitrogens is 4. The molecule has 0 aliphatic carbocycles. The van der Waals surface area contributed by atoms with E-state index in [1.807, 2.05) is 79.7 Å². The van der Waals surface area contributed by atoms with Gasteiger partial charge in [0.05, 0.1) is 11.4 Å². The standard InChI is InChI=1S/C32H27N7O3/c1-19(35-31(41)28-29(33)37-38-16-8-15-34-30(28)38)26-18-22-10-7-14-25(21-9-6-11-23(17-21)36-20(2)40)27(22)32(42)39(26)24-12-4-3-5-13-24/h3-19H,1-2H3,(H2,33,37)(H,35,41)(H,36,40)/t19-/m0/s1. The Morgan fingerprint density at radius 3 is 2.52 bits per heavy atom. The van der Waals surface area contributed by atoms with Crippen molar-refractivity contribution in [1.82, 2.24) is 24.5 Å². The maximum Gasteiger partial charge on any atom is 0.263 e. The van der Waals surface area contributed by atoms with E-state index in [0.717, 1.165) is 11.1 Å². The van der Waals surface area contributed by atoms with Crippen LogP contribution in [0, 0.1) is 0 Å². The predicted molar refractivity (Wildman–Crippen MR) is 163 cm³/mol. The molecular formula is C32H27N7O3. The fourth-order valence-corrected chi connectivity index (χ4v) is 5.22. The van der Waals surface area contributed by atoms with Crippen LogP contribution < -0.4 is 21.9 Å². The Labute approximate surface area is 240 Å². The van der Waals surface area contributed by atoms with Gasteiger partial charge in [-0.3, -0.25) is 19.0 Å². The molecule has 3 heterocycles. The van der Waals surface area contributed by atoms with Crippen molar-refractivity contribution in [3.63, 3.8) is 0 Å². The van der Waals surface area contributed by atoms with Crippen LogP contribution in [0.3, 0.4) is 0 Å². The minimum Gasteiger partial charge on any atom is -0.381 e. The molecule has 0 unspecified atom stereocenters. The van der Waals surface area contributed by atoms with Crippen LogP contribution in [-0.4, -0.2) is 31.0 Å². The lowest BCUT2D eigenvalue weighted by molar-refractivity contribution is -0.114. The minimum absolute atomic E-state index is 0.0588. The van der Waals surface area contributed by atoms with Gasteiger partial charge in [-0.15, -0.1) is 5.10 Å². The van der Waals surface area contributed by atoms with Gasteiger partial charge >= 0.3 is 0 Å². The summed E-state index contributed by atoms with van der Waals surface area (Å²) in [6.45, 7) is 3.26. The van der Waals surface area contributed by atoms with Crippen LogP contribution in [0.5, 0.6) is 0 Å². The third-order valence-corrected chi connectivity index (χ3v) is 7.02. The van der Waals surface area contributed by atoms with Gasteiger partial charge in [0, 0.05) is 36.4 Å². The second-order valence-corrected chi connectivity index (χ2v) is 9.92. The molecule has 0 saturated carbocycles. The molecule has 0 bridgehead atoms. The minimum atomic E-state index is -0.598. The Morgan fingerprint density at radius 2 is 1.74 bits per heavy atom. The first-order chi connectivity index (χ1) is 20.3. The number of hydrogen-bond donors (Lipinski definition) is 3. The summed E-state index contributed by atoms with van der Waals surface area (Å²) in [5.74, 6) is -0.577. The van der Waals surface area contributed by atoms with Crippen molar-refractivity contribution in [1.29, 1.82) is 0 Å². The Hall–Kier alpha value is -5.77. The summed E-state index contributed by atoms with van der Waals surface area (Å²) in [4.78, 5) is 43.8. The van der Waals surface area contributed by atoms with Crippen LogP contribution in [0.4, 0.5) is 11.5 Å². The molecule has 0 saturated heterocycles. The van der Waals surface area contributed by atoms with Crippen molar-refractivity contribution in [2.45, 2.75) is 19.9 Å². The summed E-state index contributed by atoms with van der Waals surface area (Å²) in [5, 5.41) is 11.2. The normalized spacial score (nSPS) is 11.9. The Morgan fingerprint density at radius 1 is 0.952 bits per heavy atom. The van der Waals surface area contributed by atoms with E-state index in [9.17, 15) is 14.4 Å². The molecule has 10 nitrogen and oxygen atoms in total. The molecule has 0 aliphatic heterocycles. The van der Waals surface area contributed by atoms with E-state index in [1.165, 1.54) is 11.4 Å². The second-order valence-electron chi connectivity index (χ2n) is 9.92. The van der Waals surface area contributed by atoms with E-state index in [1.54, 1.807) is 29.1 Å². The zero-order chi connectivity index (χ0) is 29.4. The molecular weight excluding hydrogens is 530 g/mol. The van der Waals surface area contributed by atoms with Crippen molar-refractivity contribution in [3.8, 4) is 16.8 Å². The highest BCUT2D eigenvalue weighted by atomic mass is 16.2. The molecule has 0 fully saturated rings. The Balaban J connectivity index is 1.50. The lowest BCUT2D eigenvalue weighted by Gasteiger charge is -2.22. The number of hydrogen-bond acceptors (Lipinski definition) is 6. The maximum absolute atomic E-state index is 14.4.